The lowest BCUT2D eigenvalue weighted by atomic mass is 9.77. The van der Waals surface area contributed by atoms with Gasteiger partial charge in [0.2, 0.25) is 0 Å². The highest BCUT2D eigenvalue weighted by Gasteiger charge is 2.56. The van der Waals surface area contributed by atoms with Gasteiger partial charge in [-0.15, -0.1) is 0 Å². The molecular formula is C8H12O2. The van der Waals surface area contributed by atoms with E-state index in [1.165, 1.54) is 0 Å². The lowest BCUT2D eigenvalue weighted by Gasteiger charge is -2.24. The Kier molecular flexibility index (Phi) is 1.03. The van der Waals surface area contributed by atoms with Crippen molar-refractivity contribution in [2.45, 2.75) is 38.9 Å². The fraction of sp³-hybridized carbons (Fsp3) is 0.875. The van der Waals surface area contributed by atoms with Gasteiger partial charge >= 0.3 is 0 Å². The molecule has 1 saturated heterocycles. The summed E-state index contributed by atoms with van der Waals surface area (Å²) < 4.78 is 5.26. The number of ketones is 1. The van der Waals surface area contributed by atoms with Gasteiger partial charge in [-0.1, -0.05) is 13.8 Å². The standard InChI is InChI=1S/C8H12O2/c1-8(2)4-3-5(9)6-7(8)10-6/h6-7H,3-4H2,1-2H3/t6-,7+/m1/s1. The summed E-state index contributed by atoms with van der Waals surface area (Å²) >= 11 is 0. The van der Waals surface area contributed by atoms with Crippen molar-refractivity contribution in [2.24, 2.45) is 5.41 Å². The summed E-state index contributed by atoms with van der Waals surface area (Å²) in [6.45, 7) is 4.34. The highest BCUT2D eigenvalue weighted by molar-refractivity contribution is 5.87. The van der Waals surface area contributed by atoms with Gasteiger partial charge in [0, 0.05) is 6.42 Å². The van der Waals surface area contributed by atoms with Crippen LogP contribution in [0.1, 0.15) is 26.7 Å². The van der Waals surface area contributed by atoms with E-state index in [-0.39, 0.29) is 17.6 Å². The summed E-state index contributed by atoms with van der Waals surface area (Å²) in [5.41, 5.74) is 0.249. The molecule has 0 N–H and O–H groups in total. The molecule has 2 fully saturated rings. The number of carbonyl (C=O) groups is 1. The first kappa shape index (κ1) is 6.35. The number of ether oxygens (including phenoxy) is 1. The van der Waals surface area contributed by atoms with Crippen molar-refractivity contribution >= 4 is 5.78 Å². The number of Topliss-reactive ketones (excluding diaryl/α,β-unsaturated/α-hetero) is 1. The lowest BCUT2D eigenvalue weighted by molar-refractivity contribution is -0.121. The van der Waals surface area contributed by atoms with Crippen molar-refractivity contribution in [3.63, 3.8) is 0 Å². The second-order valence-electron chi connectivity index (χ2n) is 3.93. The Balaban J connectivity index is 2.16. The van der Waals surface area contributed by atoms with E-state index in [0.717, 1.165) is 6.42 Å². The number of epoxide rings is 1. The van der Waals surface area contributed by atoms with Crippen LogP contribution < -0.4 is 0 Å². The van der Waals surface area contributed by atoms with E-state index in [0.29, 0.717) is 12.2 Å². The van der Waals surface area contributed by atoms with Crippen LogP contribution in [-0.2, 0) is 9.53 Å². The molecule has 0 bridgehead atoms. The zero-order valence-corrected chi connectivity index (χ0v) is 6.39. The van der Waals surface area contributed by atoms with Gasteiger partial charge < -0.3 is 4.74 Å². The van der Waals surface area contributed by atoms with E-state index >= 15 is 0 Å². The Morgan fingerprint density at radius 1 is 1.60 bits per heavy atom. The summed E-state index contributed by atoms with van der Waals surface area (Å²) in [5, 5.41) is 0. The molecule has 0 radical (unpaired) electrons. The van der Waals surface area contributed by atoms with E-state index in [9.17, 15) is 4.79 Å². The van der Waals surface area contributed by atoms with Crippen LogP contribution in [0.5, 0.6) is 0 Å². The van der Waals surface area contributed by atoms with Crippen molar-refractivity contribution < 1.29 is 9.53 Å². The Bertz CT molecular complexity index is 184. The number of hydrogen-bond acceptors (Lipinski definition) is 2. The summed E-state index contributed by atoms with van der Waals surface area (Å²) in [4.78, 5) is 11.0. The van der Waals surface area contributed by atoms with Crippen LogP contribution >= 0.6 is 0 Å². The average molecular weight is 140 g/mol. The van der Waals surface area contributed by atoms with E-state index in [2.05, 4.69) is 13.8 Å². The minimum absolute atomic E-state index is 0.0243. The SMILES string of the molecule is CC1(C)CCC(=O)[C@H]2O[C@@H]21. The van der Waals surface area contributed by atoms with E-state index in [4.69, 9.17) is 4.74 Å². The third kappa shape index (κ3) is 0.717. The smallest absolute Gasteiger partial charge is 0.164 e. The zero-order chi connectivity index (χ0) is 7.35. The first-order chi connectivity index (χ1) is 4.61. The van der Waals surface area contributed by atoms with Gasteiger partial charge in [0.1, 0.15) is 6.10 Å². The van der Waals surface area contributed by atoms with E-state index in [1.807, 2.05) is 0 Å². The van der Waals surface area contributed by atoms with E-state index in [1.54, 1.807) is 0 Å². The second kappa shape index (κ2) is 1.62. The summed E-state index contributed by atoms with van der Waals surface area (Å²) in [6.07, 6.45) is 1.93. The normalized spacial score (nSPS) is 42.8. The summed E-state index contributed by atoms with van der Waals surface area (Å²) in [5.74, 6) is 0.310. The minimum Gasteiger partial charge on any atom is -0.361 e. The first-order valence-electron chi connectivity index (χ1n) is 3.79. The largest absolute Gasteiger partial charge is 0.361 e. The van der Waals surface area contributed by atoms with Gasteiger partial charge in [0.25, 0.3) is 0 Å². The molecule has 0 spiro atoms. The van der Waals surface area contributed by atoms with Crippen LogP contribution in [-0.4, -0.2) is 18.0 Å². The van der Waals surface area contributed by atoms with Crippen molar-refractivity contribution in [1.29, 1.82) is 0 Å². The van der Waals surface area contributed by atoms with Crippen molar-refractivity contribution in [1.82, 2.24) is 0 Å². The van der Waals surface area contributed by atoms with Gasteiger partial charge in [-0.25, -0.2) is 0 Å². The van der Waals surface area contributed by atoms with Crippen LogP contribution in [0, 0.1) is 5.41 Å². The molecule has 0 amide bonds. The Morgan fingerprint density at radius 2 is 2.30 bits per heavy atom. The van der Waals surface area contributed by atoms with E-state index < -0.39 is 0 Å². The number of rotatable bonds is 0. The van der Waals surface area contributed by atoms with Gasteiger partial charge in [0.15, 0.2) is 5.78 Å². The molecule has 0 aromatic heterocycles. The molecule has 1 aliphatic heterocycles. The molecule has 2 aliphatic rings. The van der Waals surface area contributed by atoms with Gasteiger partial charge in [0.05, 0.1) is 6.10 Å². The van der Waals surface area contributed by atoms with Crippen LogP contribution in [0.25, 0.3) is 0 Å². The third-order valence-corrected chi connectivity index (χ3v) is 2.59. The third-order valence-electron chi connectivity index (χ3n) is 2.59. The molecule has 0 aromatic carbocycles. The summed E-state index contributed by atoms with van der Waals surface area (Å²) in [6, 6.07) is 0. The molecular weight excluding hydrogens is 128 g/mol. The molecule has 2 nitrogen and oxygen atoms in total. The highest BCUT2D eigenvalue weighted by Crippen LogP contribution is 2.46. The quantitative estimate of drug-likeness (QED) is 0.472. The van der Waals surface area contributed by atoms with Crippen LogP contribution in [0.4, 0.5) is 0 Å². The number of fused-ring (bicyclic) bond motifs is 1. The number of carbonyl (C=O) groups excluding carboxylic acids is 1. The van der Waals surface area contributed by atoms with Crippen molar-refractivity contribution in [2.75, 3.05) is 0 Å². The molecule has 2 rings (SSSR count). The first-order valence-corrected chi connectivity index (χ1v) is 3.79. The Labute approximate surface area is 60.6 Å². The molecule has 0 aromatic rings. The van der Waals surface area contributed by atoms with Crippen molar-refractivity contribution in [3.05, 3.63) is 0 Å². The Morgan fingerprint density at radius 3 is 2.90 bits per heavy atom. The minimum atomic E-state index is -0.0243. The molecule has 1 aliphatic carbocycles. The van der Waals surface area contributed by atoms with Gasteiger partial charge in [-0.3, -0.25) is 4.79 Å². The maximum atomic E-state index is 11.0. The van der Waals surface area contributed by atoms with Crippen molar-refractivity contribution in [3.8, 4) is 0 Å². The van der Waals surface area contributed by atoms with Crippen LogP contribution in [0.2, 0.25) is 0 Å². The average Bonchev–Trinajstić information content (AvgIpc) is 2.58. The maximum absolute atomic E-state index is 11.0. The van der Waals surface area contributed by atoms with Gasteiger partial charge in [-0.05, 0) is 11.8 Å². The highest BCUT2D eigenvalue weighted by atomic mass is 16.6. The van der Waals surface area contributed by atoms with Crippen LogP contribution in [0.3, 0.4) is 0 Å². The fourth-order valence-corrected chi connectivity index (χ4v) is 1.68. The molecule has 10 heavy (non-hydrogen) atoms. The molecule has 56 valence electrons. The van der Waals surface area contributed by atoms with Gasteiger partial charge in [-0.2, -0.15) is 0 Å². The zero-order valence-electron chi connectivity index (χ0n) is 6.39. The number of hydrogen-bond donors (Lipinski definition) is 0. The molecule has 2 atom stereocenters. The predicted molar refractivity (Wildman–Crippen MR) is 36.7 cm³/mol. The predicted octanol–water partition coefficient (Wildman–Crippen LogP) is 1.14. The maximum Gasteiger partial charge on any atom is 0.164 e. The molecule has 0 unspecified atom stereocenters. The Hall–Kier alpha value is -0.370. The molecule has 1 heterocycles. The fourth-order valence-electron chi connectivity index (χ4n) is 1.68. The second-order valence-corrected chi connectivity index (χ2v) is 3.93. The molecule has 2 heteroatoms. The summed E-state index contributed by atoms with van der Waals surface area (Å²) in [7, 11) is 0. The lowest BCUT2D eigenvalue weighted by Crippen LogP contribution is -2.30. The molecule has 1 saturated carbocycles. The van der Waals surface area contributed by atoms with Crippen LogP contribution in [0.15, 0.2) is 0 Å². The monoisotopic (exact) mass is 140 g/mol. The topological polar surface area (TPSA) is 29.6 Å².